The molecule has 0 bridgehead atoms. The van der Waals surface area contributed by atoms with Gasteiger partial charge in [0, 0.05) is 31.2 Å². The summed E-state index contributed by atoms with van der Waals surface area (Å²) in [6, 6.07) is 0. The first-order valence-electron chi connectivity index (χ1n) is 4.95. The lowest BCUT2D eigenvalue weighted by molar-refractivity contribution is 0.0480. The smallest absolute Gasteiger partial charge is 0.0794 e. The van der Waals surface area contributed by atoms with E-state index < -0.39 is 0 Å². The Bertz CT molecular complexity index is 241. The van der Waals surface area contributed by atoms with Crippen molar-refractivity contribution in [2.24, 2.45) is 0 Å². The van der Waals surface area contributed by atoms with Crippen LogP contribution in [-0.2, 0) is 15.9 Å². The summed E-state index contributed by atoms with van der Waals surface area (Å²) in [4.78, 5) is 5.07. The van der Waals surface area contributed by atoms with E-state index in [2.05, 4.69) is 4.98 Å². The molecule has 0 saturated heterocycles. The minimum Gasteiger partial charge on any atom is -0.393 e. The second kappa shape index (κ2) is 7.76. The Hall–Kier alpha value is -0.490. The van der Waals surface area contributed by atoms with E-state index in [1.165, 1.54) is 0 Å². The van der Waals surface area contributed by atoms with Crippen LogP contribution in [-0.4, -0.2) is 43.1 Å². The van der Waals surface area contributed by atoms with Gasteiger partial charge in [-0.15, -0.1) is 11.3 Å². The highest BCUT2D eigenvalue weighted by Gasteiger charge is 2.06. The number of aliphatic hydroxyl groups excluding tert-OH is 1. The fraction of sp³-hybridized carbons (Fsp3) is 0.700. The number of nitrogens with zero attached hydrogens (tertiary/aromatic N) is 1. The summed E-state index contributed by atoms with van der Waals surface area (Å²) in [6.07, 6.45) is 2.77. The van der Waals surface area contributed by atoms with Crippen molar-refractivity contribution in [3.8, 4) is 0 Å². The van der Waals surface area contributed by atoms with Crippen LogP contribution in [0.2, 0.25) is 0 Å². The van der Waals surface area contributed by atoms with Crippen molar-refractivity contribution in [1.82, 2.24) is 4.98 Å². The van der Waals surface area contributed by atoms with Crippen LogP contribution in [0.25, 0.3) is 0 Å². The zero-order valence-corrected chi connectivity index (χ0v) is 9.70. The quantitative estimate of drug-likeness (QED) is 0.681. The molecule has 1 aromatic rings. The SMILES string of the molecule is COCCOCCC(O)Cc1cncs1. The lowest BCUT2D eigenvalue weighted by Gasteiger charge is -2.09. The van der Waals surface area contributed by atoms with Crippen LogP contribution >= 0.6 is 11.3 Å². The Morgan fingerprint density at radius 2 is 2.33 bits per heavy atom. The third-order valence-corrected chi connectivity index (χ3v) is 2.75. The Kier molecular flexibility index (Phi) is 6.50. The molecule has 4 nitrogen and oxygen atoms in total. The van der Waals surface area contributed by atoms with E-state index in [4.69, 9.17) is 9.47 Å². The number of aliphatic hydroxyl groups is 1. The summed E-state index contributed by atoms with van der Waals surface area (Å²) in [6.45, 7) is 1.76. The molecule has 0 aromatic carbocycles. The number of thiazole rings is 1. The summed E-state index contributed by atoms with van der Waals surface area (Å²) in [5.74, 6) is 0. The Labute approximate surface area is 93.9 Å². The third kappa shape index (κ3) is 5.84. The molecule has 1 N–H and O–H groups in total. The number of rotatable bonds is 8. The molecule has 1 aromatic heterocycles. The van der Waals surface area contributed by atoms with Gasteiger partial charge in [0.1, 0.15) is 0 Å². The van der Waals surface area contributed by atoms with E-state index in [9.17, 15) is 5.11 Å². The lowest BCUT2D eigenvalue weighted by Crippen LogP contribution is -2.14. The average Bonchev–Trinajstić information content (AvgIpc) is 2.70. The number of ether oxygens (including phenoxy) is 2. The molecule has 0 saturated carbocycles. The fourth-order valence-corrected chi connectivity index (χ4v) is 1.81. The van der Waals surface area contributed by atoms with Crippen LogP contribution in [0.4, 0.5) is 0 Å². The zero-order valence-electron chi connectivity index (χ0n) is 8.89. The van der Waals surface area contributed by atoms with Crippen LogP contribution in [0.1, 0.15) is 11.3 Å². The van der Waals surface area contributed by atoms with Crippen LogP contribution in [0.15, 0.2) is 11.7 Å². The van der Waals surface area contributed by atoms with Crippen LogP contribution in [0.5, 0.6) is 0 Å². The molecule has 1 heterocycles. The summed E-state index contributed by atoms with van der Waals surface area (Å²) >= 11 is 1.57. The fourth-order valence-electron chi connectivity index (χ4n) is 1.14. The summed E-state index contributed by atoms with van der Waals surface area (Å²) in [7, 11) is 1.64. The topological polar surface area (TPSA) is 51.6 Å². The highest BCUT2D eigenvalue weighted by Crippen LogP contribution is 2.10. The lowest BCUT2D eigenvalue weighted by atomic mass is 10.2. The first kappa shape index (κ1) is 12.6. The summed E-state index contributed by atoms with van der Waals surface area (Å²) in [5.41, 5.74) is 1.77. The average molecular weight is 231 g/mol. The molecule has 1 atom stereocenters. The van der Waals surface area contributed by atoms with Gasteiger partial charge in [-0.25, -0.2) is 0 Å². The number of aromatic nitrogens is 1. The van der Waals surface area contributed by atoms with E-state index in [0.717, 1.165) is 4.88 Å². The molecular weight excluding hydrogens is 214 g/mol. The van der Waals surface area contributed by atoms with Gasteiger partial charge in [-0.1, -0.05) is 0 Å². The molecule has 0 aliphatic heterocycles. The third-order valence-electron chi connectivity index (χ3n) is 1.95. The van der Waals surface area contributed by atoms with E-state index in [1.54, 1.807) is 30.2 Å². The molecule has 0 aliphatic rings. The van der Waals surface area contributed by atoms with E-state index in [0.29, 0.717) is 32.7 Å². The molecule has 0 amide bonds. The highest BCUT2D eigenvalue weighted by atomic mass is 32.1. The maximum Gasteiger partial charge on any atom is 0.0794 e. The molecule has 1 unspecified atom stereocenters. The minimum absolute atomic E-state index is 0.340. The van der Waals surface area contributed by atoms with E-state index in [1.807, 2.05) is 0 Å². The minimum atomic E-state index is -0.340. The summed E-state index contributed by atoms with van der Waals surface area (Å²) < 4.78 is 10.1. The summed E-state index contributed by atoms with van der Waals surface area (Å²) in [5, 5.41) is 9.65. The van der Waals surface area contributed by atoms with Crippen molar-refractivity contribution in [3.63, 3.8) is 0 Å². The van der Waals surface area contributed by atoms with Gasteiger partial charge in [0.05, 0.1) is 24.8 Å². The molecule has 86 valence electrons. The van der Waals surface area contributed by atoms with Gasteiger partial charge in [0.2, 0.25) is 0 Å². The maximum atomic E-state index is 9.65. The largest absolute Gasteiger partial charge is 0.393 e. The van der Waals surface area contributed by atoms with E-state index in [-0.39, 0.29) is 6.10 Å². The van der Waals surface area contributed by atoms with E-state index >= 15 is 0 Å². The number of hydrogen-bond donors (Lipinski definition) is 1. The van der Waals surface area contributed by atoms with Crippen molar-refractivity contribution in [2.45, 2.75) is 18.9 Å². The molecule has 15 heavy (non-hydrogen) atoms. The van der Waals surface area contributed by atoms with Crippen molar-refractivity contribution < 1.29 is 14.6 Å². The van der Waals surface area contributed by atoms with Crippen molar-refractivity contribution >= 4 is 11.3 Å². The molecule has 1 rings (SSSR count). The van der Waals surface area contributed by atoms with Gasteiger partial charge in [0.25, 0.3) is 0 Å². The van der Waals surface area contributed by atoms with Crippen molar-refractivity contribution in [3.05, 3.63) is 16.6 Å². The molecule has 0 radical (unpaired) electrons. The number of hydrogen-bond acceptors (Lipinski definition) is 5. The highest BCUT2D eigenvalue weighted by molar-refractivity contribution is 7.09. The van der Waals surface area contributed by atoms with Crippen LogP contribution < -0.4 is 0 Å². The van der Waals surface area contributed by atoms with Gasteiger partial charge in [-0.3, -0.25) is 4.98 Å². The molecule has 0 fully saturated rings. The Balaban J connectivity index is 2.01. The zero-order chi connectivity index (χ0) is 10.9. The Morgan fingerprint density at radius 1 is 1.47 bits per heavy atom. The second-order valence-electron chi connectivity index (χ2n) is 3.22. The van der Waals surface area contributed by atoms with Gasteiger partial charge in [-0.05, 0) is 6.42 Å². The van der Waals surface area contributed by atoms with Crippen molar-refractivity contribution in [2.75, 3.05) is 26.9 Å². The molecular formula is C10H17NO3S. The van der Waals surface area contributed by atoms with Gasteiger partial charge in [-0.2, -0.15) is 0 Å². The van der Waals surface area contributed by atoms with Gasteiger partial charge < -0.3 is 14.6 Å². The normalized spacial score (nSPS) is 12.9. The van der Waals surface area contributed by atoms with Crippen LogP contribution in [0, 0.1) is 0 Å². The predicted octanol–water partition coefficient (Wildman–Crippen LogP) is 1.10. The van der Waals surface area contributed by atoms with Gasteiger partial charge in [0.15, 0.2) is 0 Å². The van der Waals surface area contributed by atoms with Crippen LogP contribution in [0.3, 0.4) is 0 Å². The number of methoxy groups -OCH3 is 1. The maximum absolute atomic E-state index is 9.65. The Morgan fingerprint density at radius 3 is 3.00 bits per heavy atom. The molecule has 0 spiro atoms. The first-order chi connectivity index (χ1) is 7.33. The predicted molar refractivity (Wildman–Crippen MR) is 59.1 cm³/mol. The van der Waals surface area contributed by atoms with Gasteiger partial charge >= 0.3 is 0 Å². The monoisotopic (exact) mass is 231 g/mol. The van der Waals surface area contributed by atoms with Crippen molar-refractivity contribution in [1.29, 1.82) is 0 Å². The second-order valence-corrected chi connectivity index (χ2v) is 4.19. The standard InChI is InChI=1S/C10H17NO3S/c1-13-4-5-14-3-2-9(12)6-10-7-11-8-15-10/h7-9,12H,2-6H2,1H3. The first-order valence-corrected chi connectivity index (χ1v) is 5.83. The molecule has 5 heteroatoms. The molecule has 0 aliphatic carbocycles.